The summed E-state index contributed by atoms with van der Waals surface area (Å²) < 4.78 is 0. The van der Waals surface area contributed by atoms with Gasteiger partial charge in [-0.05, 0) is 12.8 Å². The van der Waals surface area contributed by atoms with E-state index in [-0.39, 0.29) is 19.1 Å². The number of aliphatic hydroxyl groups is 2. The molecule has 0 radical (unpaired) electrons. The summed E-state index contributed by atoms with van der Waals surface area (Å²) in [6.07, 6.45) is 6.53. The van der Waals surface area contributed by atoms with Gasteiger partial charge in [0.15, 0.2) is 0 Å². The summed E-state index contributed by atoms with van der Waals surface area (Å²) in [5.74, 6) is -0.0774. The van der Waals surface area contributed by atoms with Crippen LogP contribution < -0.4 is 5.32 Å². The normalized spacial score (nSPS) is 11.5. The molecule has 4 heteroatoms. The first-order valence-electron chi connectivity index (χ1n) is 6.67. The Hall–Kier alpha value is -0.610. The molecule has 0 saturated heterocycles. The average molecular weight is 245 g/mol. The van der Waals surface area contributed by atoms with Crippen LogP contribution >= 0.6 is 0 Å². The quantitative estimate of drug-likeness (QED) is 0.512. The summed E-state index contributed by atoms with van der Waals surface area (Å²) in [5, 5.41) is 21.1. The van der Waals surface area contributed by atoms with Gasteiger partial charge in [-0.2, -0.15) is 0 Å². The lowest BCUT2D eigenvalue weighted by Gasteiger charge is -2.29. The number of unbranched alkanes of at least 4 members (excludes halogenated alkanes) is 4. The number of amides is 1. The van der Waals surface area contributed by atoms with E-state index in [1.165, 1.54) is 19.3 Å². The Kier molecular flexibility index (Phi) is 9.09. The summed E-state index contributed by atoms with van der Waals surface area (Å²) in [4.78, 5) is 11.6. The molecular weight excluding hydrogens is 218 g/mol. The number of rotatable bonds is 10. The summed E-state index contributed by atoms with van der Waals surface area (Å²) in [6.45, 7) is 3.56. The molecule has 0 aliphatic carbocycles. The zero-order valence-corrected chi connectivity index (χ0v) is 11.2. The van der Waals surface area contributed by atoms with Gasteiger partial charge in [-0.25, -0.2) is 0 Å². The van der Waals surface area contributed by atoms with Gasteiger partial charge >= 0.3 is 0 Å². The minimum Gasteiger partial charge on any atom is -0.394 e. The number of nitrogens with one attached hydrogen (secondary N) is 1. The van der Waals surface area contributed by atoms with E-state index >= 15 is 0 Å². The van der Waals surface area contributed by atoms with Crippen LogP contribution in [0.2, 0.25) is 0 Å². The molecule has 0 aliphatic rings. The van der Waals surface area contributed by atoms with E-state index in [2.05, 4.69) is 12.2 Å². The topological polar surface area (TPSA) is 69.6 Å². The predicted molar refractivity (Wildman–Crippen MR) is 68.7 cm³/mol. The first-order valence-corrected chi connectivity index (χ1v) is 6.67. The summed E-state index contributed by atoms with van der Waals surface area (Å²) in [7, 11) is 0. The van der Waals surface area contributed by atoms with Crippen LogP contribution in [0.1, 0.15) is 58.8 Å². The lowest BCUT2D eigenvalue weighted by molar-refractivity contribution is -0.124. The van der Waals surface area contributed by atoms with Crippen molar-refractivity contribution < 1.29 is 15.0 Å². The molecule has 0 rings (SSSR count). The van der Waals surface area contributed by atoms with Crippen LogP contribution in [0.3, 0.4) is 0 Å². The van der Waals surface area contributed by atoms with Crippen molar-refractivity contribution in [3.8, 4) is 0 Å². The first-order chi connectivity index (χ1) is 8.14. The van der Waals surface area contributed by atoms with Gasteiger partial charge in [0.05, 0.1) is 18.8 Å². The summed E-state index contributed by atoms with van der Waals surface area (Å²) in [5.41, 5.74) is -0.847. The highest BCUT2D eigenvalue weighted by Crippen LogP contribution is 2.10. The molecule has 0 bridgehead atoms. The van der Waals surface area contributed by atoms with Crippen LogP contribution in [0, 0.1) is 0 Å². The van der Waals surface area contributed by atoms with E-state index in [0.717, 1.165) is 12.8 Å². The average Bonchev–Trinajstić information content (AvgIpc) is 2.36. The van der Waals surface area contributed by atoms with Gasteiger partial charge in [-0.15, -0.1) is 0 Å². The lowest BCUT2D eigenvalue weighted by Crippen LogP contribution is -2.53. The highest BCUT2D eigenvalue weighted by Gasteiger charge is 2.27. The highest BCUT2D eigenvalue weighted by molar-refractivity contribution is 5.76. The Labute approximate surface area is 104 Å². The zero-order valence-electron chi connectivity index (χ0n) is 11.2. The van der Waals surface area contributed by atoms with Crippen molar-refractivity contribution in [3.63, 3.8) is 0 Å². The molecule has 0 unspecified atom stereocenters. The predicted octanol–water partition coefficient (Wildman–Crippen LogP) is 1.60. The first kappa shape index (κ1) is 16.4. The third-order valence-corrected chi connectivity index (χ3v) is 3.19. The molecule has 1 amide bonds. The maximum absolute atomic E-state index is 11.6. The zero-order chi connectivity index (χ0) is 13.1. The molecule has 0 fully saturated rings. The molecule has 102 valence electrons. The van der Waals surface area contributed by atoms with Crippen LogP contribution in [-0.2, 0) is 4.79 Å². The van der Waals surface area contributed by atoms with E-state index in [4.69, 9.17) is 0 Å². The third-order valence-electron chi connectivity index (χ3n) is 3.19. The summed E-state index contributed by atoms with van der Waals surface area (Å²) in [6, 6.07) is 0. The van der Waals surface area contributed by atoms with Gasteiger partial charge in [0.25, 0.3) is 0 Å². The number of aliphatic hydroxyl groups excluding tert-OH is 2. The molecule has 0 saturated carbocycles. The van der Waals surface area contributed by atoms with Crippen LogP contribution in [0.15, 0.2) is 0 Å². The van der Waals surface area contributed by atoms with Crippen LogP contribution in [0.4, 0.5) is 0 Å². The number of hydrogen-bond acceptors (Lipinski definition) is 3. The molecule has 0 aromatic rings. The molecule has 0 aromatic heterocycles. The van der Waals surface area contributed by atoms with Gasteiger partial charge in [-0.1, -0.05) is 39.5 Å². The van der Waals surface area contributed by atoms with Gasteiger partial charge in [-0.3, -0.25) is 4.79 Å². The SMILES string of the molecule is CCCCCCCC(=O)NC(CC)(CO)CO. The van der Waals surface area contributed by atoms with Crippen molar-refractivity contribution in [2.75, 3.05) is 13.2 Å². The van der Waals surface area contributed by atoms with E-state index in [9.17, 15) is 15.0 Å². The van der Waals surface area contributed by atoms with E-state index in [1.54, 1.807) is 0 Å². The second-order valence-corrected chi connectivity index (χ2v) is 4.66. The summed E-state index contributed by atoms with van der Waals surface area (Å²) >= 11 is 0. The Balaban J connectivity index is 3.83. The Morgan fingerprint density at radius 3 is 2.12 bits per heavy atom. The smallest absolute Gasteiger partial charge is 0.220 e. The van der Waals surface area contributed by atoms with Crippen molar-refractivity contribution in [2.24, 2.45) is 0 Å². The van der Waals surface area contributed by atoms with Crippen molar-refractivity contribution in [1.29, 1.82) is 0 Å². The second kappa shape index (κ2) is 9.42. The Morgan fingerprint density at radius 2 is 1.65 bits per heavy atom. The molecular formula is C13H27NO3. The Bertz CT molecular complexity index is 195. The minimum atomic E-state index is -0.847. The third kappa shape index (κ3) is 6.64. The van der Waals surface area contributed by atoms with Gasteiger partial charge < -0.3 is 15.5 Å². The number of hydrogen-bond donors (Lipinski definition) is 3. The molecule has 3 N–H and O–H groups in total. The monoisotopic (exact) mass is 245 g/mol. The van der Waals surface area contributed by atoms with Crippen LogP contribution in [0.25, 0.3) is 0 Å². The fraction of sp³-hybridized carbons (Fsp3) is 0.923. The van der Waals surface area contributed by atoms with Crippen molar-refractivity contribution in [1.82, 2.24) is 5.32 Å². The number of carbonyl (C=O) groups is 1. The van der Waals surface area contributed by atoms with Gasteiger partial charge in [0.1, 0.15) is 0 Å². The van der Waals surface area contributed by atoms with Crippen molar-refractivity contribution >= 4 is 5.91 Å². The fourth-order valence-corrected chi connectivity index (χ4v) is 1.69. The maximum atomic E-state index is 11.6. The lowest BCUT2D eigenvalue weighted by atomic mass is 9.98. The number of carbonyl (C=O) groups excluding carboxylic acids is 1. The maximum Gasteiger partial charge on any atom is 0.220 e. The molecule has 0 aliphatic heterocycles. The molecule has 4 nitrogen and oxygen atoms in total. The van der Waals surface area contributed by atoms with E-state index in [1.807, 2.05) is 6.92 Å². The van der Waals surface area contributed by atoms with E-state index < -0.39 is 5.54 Å². The Morgan fingerprint density at radius 1 is 1.06 bits per heavy atom. The molecule has 17 heavy (non-hydrogen) atoms. The highest BCUT2D eigenvalue weighted by atomic mass is 16.3. The van der Waals surface area contributed by atoms with Crippen molar-refractivity contribution in [3.05, 3.63) is 0 Å². The van der Waals surface area contributed by atoms with Gasteiger partial charge in [0, 0.05) is 6.42 Å². The second-order valence-electron chi connectivity index (χ2n) is 4.66. The molecule has 0 spiro atoms. The van der Waals surface area contributed by atoms with Crippen molar-refractivity contribution in [2.45, 2.75) is 64.3 Å². The molecule has 0 heterocycles. The standard InChI is InChI=1S/C13H27NO3/c1-3-5-6-7-8-9-12(17)14-13(4-2,10-15)11-16/h15-16H,3-11H2,1-2H3,(H,14,17). The van der Waals surface area contributed by atoms with Crippen LogP contribution in [-0.4, -0.2) is 34.9 Å². The van der Waals surface area contributed by atoms with Crippen LogP contribution in [0.5, 0.6) is 0 Å². The molecule has 0 aromatic carbocycles. The van der Waals surface area contributed by atoms with E-state index in [0.29, 0.717) is 12.8 Å². The fourth-order valence-electron chi connectivity index (χ4n) is 1.69. The van der Waals surface area contributed by atoms with Gasteiger partial charge in [0.2, 0.25) is 5.91 Å². The largest absolute Gasteiger partial charge is 0.394 e. The molecule has 0 atom stereocenters. The minimum absolute atomic E-state index is 0.0774.